The number of likely N-dealkylation sites (tertiary alicyclic amines) is 1. The van der Waals surface area contributed by atoms with Gasteiger partial charge in [0.25, 0.3) is 0 Å². The maximum Gasteiger partial charge on any atom is 0.453 e. The zero-order valence-electron chi connectivity index (χ0n) is 27.6. The quantitative estimate of drug-likeness (QED) is 0.144. The van der Waals surface area contributed by atoms with E-state index in [0.29, 0.717) is 43.6 Å². The van der Waals surface area contributed by atoms with Gasteiger partial charge in [-0.3, -0.25) is 4.21 Å². The van der Waals surface area contributed by atoms with E-state index >= 15 is 0 Å². The number of alkyl halides is 5. The van der Waals surface area contributed by atoms with E-state index < -0.39 is 41.8 Å². The molecule has 1 saturated heterocycles. The summed E-state index contributed by atoms with van der Waals surface area (Å²) in [6, 6.07) is 6.18. The summed E-state index contributed by atoms with van der Waals surface area (Å²) in [6.07, 6.45) is -0.483. The Balaban J connectivity index is 1.24. The fourth-order valence-corrected chi connectivity index (χ4v) is 10.4. The van der Waals surface area contributed by atoms with Gasteiger partial charge in [0.15, 0.2) is 0 Å². The molecule has 2 unspecified atom stereocenters. The van der Waals surface area contributed by atoms with Crippen molar-refractivity contribution in [3.8, 4) is 5.75 Å². The molecule has 0 radical (unpaired) electrons. The van der Waals surface area contributed by atoms with E-state index in [0.717, 1.165) is 56.9 Å². The van der Waals surface area contributed by atoms with E-state index in [1.807, 2.05) is 12.1 Å². The molecule has 14 heteroatoms. The monoisotopic (exact) mass is 707 g/mol. The van der Waals surface area contributed by atoms with Crippen LogP contribution in [0.4, 0.5) is 26.7 Å². The predicted octanol–water partition coefficient (Wildman–Crippen LogP) is 6.17. The number of amides is 1. The first-order chi connectivity index (χ1) is 22.8. The smallest absolute Gasteiger partial charge is 0.410 e. The molecule has 8 nitrogen and oxygen atoms in total. The van der Waals surface area contributed by atoms with Gasteiger partial charge in [0, 0.05) is 60.4 Å². The molecule has 1 aliphatic heterocycles. The number of halogens is 5. The first-order valence-electron chi connectivity index (χ1n) is 17.4. The summed E-state index contributed by atoms with van der Waals surface area (Å²) >= 11 is 0. The first-order valence-corrected chi connectivity index (χ1v) is 18.9. The third kappa shape index (κ3) is 8.19. The number of ether oxygens (including phenoxy) is 1. The molecule has 3 aliphatic carbocycles. The minimum Gasteiger partial charge on any atom is -0.410 e. The minimum atomic E-state index is -5.60. The zero-order valence-corrected chi connectivity index (χ0v) is 28.4. The van der Waals surface area contributed by atoms with Crippen LogP contribution in [0.5, 0.6) is 5.75 Å². The summed E-state index contributed by atoms with van der Waals surface area (Å²) in [5.41, 5.74) is 4.86. The highest BCUT2D eigenvalue weighted by Gasteiger charge is 2.57. The molecule has 5 rings (SSSR count). The van der Waals surface area contributed by atoms with Crippen LogP contribution in [-0.4, -0.2) is 87.4 Å². The zero-order chi connectivity index (χ0) is 34.7. The highest BCUT2D eigenvalue weighted by molar-refractivity contribution is 7.84. The number of nitrogens with one attached hydrogen (secondary N) is 2. The molecule has 1 aromatic carbocycles. The van der Waals surface area contributed by atoms with Crippen molar-refractivity contribution in [2.45, 2.75) is 108 Å². The Morgan fingerprint density at radius 1 is 1.08 bits per heavy atom. The lowest BCUT2D eigenvalue weighted by Gasteiger charge is -2.53. The Kier molecular flexibility index (Phi) is 12.1. The second-order valence-corrected chi connectivity index (χ2v) is 16.2. The summed E-state index contributed by atoms with van der Waals surface area (Å²) in [7, 11) is -1.50. The van der Waals surface area contributed by atoms with Crippen molar-refractivity contribution in [2.75, 3.05) is 37.7 Å². The molecule has 0 spiro atoms. The number of aliphatic hydroxyl groups is 1. The molecule has 1 heterocycles. The van der Waals surface area contributed by atoms with Gasteiger partial charge in [-0.05, 0) is 117 Å². The lowest BCUT2D eigenvalue weighted by molar-refractivity contribution is -0.284. The number of benzene rings is 1. The summed E-state index contributed by atoms with van der Waals surface area (Å²) < 4.78 is 82.6. The summed E-state index contributed by atoms with van der Waals surface area (Å²) in [5, 5.41) is 22.3. The van der Waals surface area contributed by atoms with Gasteiger partial charge < -0.3 is 25.3 Å². The lowest BCUT2D eigenvalue weighted by Crippen LogP contribution is -2.50. The van der Waals surface area contributed by atoms with E-state index in [9.17, 15) is 36.2 Å². The van der Waals surface area contributed by atoms with Crippen LogP contribution >= 0.6 is 0 Å². The predicted molar refractivity (Wildman–Crippen MR) is 172 cm³/mol. The fraction of sp³-hybridized carbons (Fsp3) is 0.794. The van der Waals surface area contributed by atoms with Crippen molar-refractivity contribution in [3.63, 3.8) is 0 Å². The number of rotatable bonds is 13. The first kappa shape index (κ1) is 37.4. The largest absolute Gasteiger partial charge is 0.453 e. The molecule has 272 valence electrons. The second kappa shape index (κ2) is 15.6. The van der Waals surface area contributed by atoms with Crippen molar-refractivity contribution >= 4 is 16.9 Å². The maximum absolute atomic E-state index is 13.3. The Morgan fingerprint density at radius 2 is 1.81 bits per heavy atom. The van der Waals surface area contributed by atoms with E-state index in [-0.39, 0.29) is 47.4 Å². The number of hydrogen-bond donors (Lipinski definition) is 4. The van der Waals surface area contributed by atoms with Gasteiger partial charge >= 0.3 is 18.2 Å². The third-order valence-electron chi connectivity index (χ3n) is 11.8. The summed E-state index contributed by atoms with van der Waals surface area (Å²) in [5.74, 6) is -3.07. The van der Waals surface area contributed by atoms with E-state index in [1.54, 1.807) is 4.90 Å². The molecule has 7 atom stereocenters. The van der Waals surface area contributed by atoms with Gasteiger partial charge in [-0.15, -0.1) is 0 Å². The second-order valence-electron chi connectivity index (χ2n) is 14.5. The van der Waals surface area contributed by atoms with Crippen molar-refractivity contribution in [1.82, 2.24) is 15.7 Å². The number of nitrogens with zero attached hydrogens (tertiary/aromatic N) is 1. The molecule has 1 amide bonds. The number of piperidine rings is 1. The van der Waals surface area contributed by atoms with Crippen LogP contribution in [0.15, 0.2) is 18.2 Å². The summed E-state index contributed by atoms with van der Waals surface area (Å²) in [6.45, 7) is 3.97. The SMILES string of the molecule is C[C@]12CC[C@@H]3c4ccc(OC(=O)N5CCC(NCCO)CC5)cc4C[C@@H](CCCS(=O)CCCC(F)(F)C(F)(F)F)[C@H]3[C@@H]1CCC2NO. The van der Waals surface area contributed by atoms with Crippen LogP contribution in [0.25, 0.3) is 0 Å². The highest BCUT2D eigenvalue weighted by Crippen LogP contribution is 2.62. The van der Waals surface area contributed by atoms with Crippen LogP contribution < -0.4 is 15.5 Å². The van der Waals surface area contributed by atoms with E-state index in [2.05, 4.69) is 23.8 Å². The Morgan fingerprint density at radius 3 is 2.50 bits per heavy atom. The van der Waals surface area contributed by atoms with Gasteiger partial charge in [0.05, 0.1) is 6.61 Å². The maximum atomic E-state index is 13.3. The van der Waals surface area contributed by atoms with Crippen LogP contribution in [0.1, 0.15) is 88.2 Å². The average Bonchev–Trinajstić information content (AvgIpc) is 3.39. The van der Waals surface area contributed by atoms with Gasteiger partial charge in [0.1, 0.15) is 5.75 Å². The number of carbonyl (C=O) groups excluding carboxylic acids is 1. The number of carbonyl (C=O) groups is 1. The van der Waals surface area contributed by atoms with Crippen molar-refractivity contribution < 1.29 is 46.0 Å². The van der Waals surface area contributed by atoms with Crippen LogP contribution in [0.3, 0.4) is 0 Å². The Hall–Kier alpha value is -1.87. The Bertz CT molecular complexity index is 1280. The van der Waals surface area contributed by atoms with Gasteiger partial charge in [-0.25, -0.2) is 10.3 Å². The van der Waals surface area contributed by atoms with Crippen LogP contribution in [0, 0.1) is 23.2 Å². The molecule has 48 heavy (non-hydrogen) atoms. The molecule has 2 saturated carbocycles. The third-order valence-corrected chi connectivity index (χ3v) is 13.2. The van der Waals surface area contributed by atoms with Crippen LogP contribution in [0.2, 0.25) is 0 Å². The van der Waals surface area contributed by atoms with Crippen molar-refractivity contribution in [2.24, 2.45) is 23.2 Å². The van der Waals surface area contributed by atoms with Crippen molar-refractivity contribution in [1.29, 1.82) is 0 Å². The molecule has 3 fully saturated rings. The van der Waals surface area contributed by atoms with Gasteiger partial charge in [-0.1, -0.05) is 13.0 Å². The van der Waals surface area contributed by atoms with E-state index in [4.69, 9.17) is 9.84 Å². The number of hydrogen-bond acceptors (Lipinski definition) is 7. The molecule has 0 aromatic heterocycles. The topological polar surface area (TPSA) is 111 Å². The average molecular weight is 708 g/mol. The Labute approximate surface area is 282 Å². The van der Waals surface area contributed by atoms with Crippen LogP contribution in [-0.2, 0) is 17.2 Å². The van der Waals surface area contributed by atoms with Crippen molar-refractivity contribution in [3.05, 3.63) is 29.3 Å². The van der Waals surface area contributed by atoms with Gasteiger partial charge in [-0.2, -0.15) is 22.0 Å². The minimum absolute atomic E-state index is 0.00476. The fourth-order valence-electron chi connectivity index (χ4n) is 9.23. The molecule has 0 bridgehead atoms. The number of hydroxylamine groups is 1. The molecule has 4 aliphatic rings. The normalized spacial score (nSPS) is 30.0. The standard InChI is InChI=1S/C34H50F5N3O5S/c1-32-13-9-27-26-6-5-25(47-31(44)42-15-10-24(11-16-42)40-14-17-43)21-23(26)20-22(30(27)28(32)7-8-29(32)41-45)4-2-18-48(46)19-3-12-33(35,36)34(37,38)39/h5-6,21-22,24,27-30,40-41,43,45H,2-4,7-20H2,1H3/t22-,27-,28+,29?,30-,32+,48?/m1/s1. The number of fused-ring (bicyclic) bond motifs is 5. The highest BCUT2D eigenvalue weighted by atomic mass is 32.2. The molecule has 1 aromatic rings. The molecule has 4 N–H and O–H groups in total. The van der Waals surface area contributed by atoms with E-state index in [1.165, 1.54) is 5.56 Å². The molecular formula is C34H50F5N3O5S. The summed E-state index contributed by atoms with van der Waals surface area (Å²) in [4.78, 5) is 14.7. The molecular weight excluding hydrogens is 657 g/mol. The van der Waals surface area contributed by atoms with Gasteiger partial charge in [0.2, 0.25) is 0 Å². The lowest BCUT2D eigenvalue weighted by atomic mass is 9.52. The number of aliphatic hydroxyl groups excluding tert-OH is 1.